The molecule has 104 valence electrons. The predicted octanol–water partition coefficient (Wildman–Crippen LogP) is 4.07. The van der Waals surface area contributed by atoms with Crippen LogP contribution in [0.15, 0.2) is 60.8 Å². The largest absolute Gasteiger partial charge is 0.496 e. The molecule has 1 aromatic heterocycles. The lowest BCUT2D eigenvalue weighted by Crippen LogP contribution is -1.92. The van der Waals surface area contributed by atoms with Gasteiger partial charge in [-0.1, -0.05) is 36.4 Å². The van der Waals surface area contributed by atoms with Crippen LogP contribution in [0.5, 0.6) is 5.75 Å². The van der Waals surface area contributed by atoms with Crippen molar-refractivity contribution >= 4 is 22.8 Å². The summed E-state index contributed by atoms with van der Waals surface area (Å²) in [5.41, 5.74) is 2.52. The Hall–Kier alpha value is -2.81. The summed E-state index contributed by atoms with van der Waals surface area (Å²) in [4.78, 5) is 15.5. The Kier molecular flexibility index (Phi) is 3.56. The van der Waals surface area contributed by atoms with Gasteiger partial charge in [0.1, 0.15) is 5.75 Å². The Morgan fingerprint density at radius 3 is 2.71 bits per heavy atom. The third-order valence-corrected chi connectivity index (χ3v) is 3.41. The van der Waals surface area contributed by atoms with Crippen LogP contribution < -0.4 is 4.74 Å². The van der Waals surface area contributed by atoms with Crippen molar-refractivity contribution in [1.29, 1.82) is 0 Å². The van der Waals surface area contributed by atoms with Crippen LogP contribution >= 0.6 is 0 Å². The van der Waals surface area contributed by atoms with Crippen molar-refractivity contribution in [2.45, 2.75) is 0 Å². The Morgan fingerprint density at radius 1 is 1.10 bits per heavy atom. The highest BCUT2D eigenvalue weighted by molar-refractivity contribution is 6.14. The van der Waals surface area contributed by atoms with Crippen molar-refractivity contribution in [3.8, 4) is 5.75 Å². The first-order valence-electron chi connectivity index (χ1n) is 6.71. The number of carbonyl (C=O) groups is 1. The number of rotatable bonds is 4. The number of benzene rings is 2. The molecule has 1 heterocycles. The summed E-state index contributed by atoms with van der Waals surface area (Å²) in [5.74, 6) is 0.721. The van der Waals surface area contributed by atoms with Gasteiger partial charge in [0.15, 0.2) is 5.78 Å². The van der Waals surface area contributed by atoms with Crippen molar-refractivity contribution in [3.05, 3.63) is 71.9 Å². The number of fused-ring (bicyclic) bond motifs is 1. The maximum atomic E-state index is 12.3. The number of methoxy groups -OCH3 is 1. The van der Waals surface area contributed by atoms with Gasteiger partial charge in [-0.25, -0.2) is 0 Å². The van der Waals surface area contributed by atoms with Crippen LogP contribution in [-0.4, -0.2) is 17.9 Å². The van der Waals surface area contributed by atoms with E-state index in [0.717, 1.165) is 22.2 Å². The lowest BCUT2D eigenvalue weighted by Gasteiger charge is -2.02. The van der Waals surface area contributed by atoms with E-state index in [4.69, 9.17) is 4.74 Å². The molecule has 21 heavy (non-hydrogen) atoms. The molecule has 3 aromatic rings. The predicted molar refractivity (Wildman–Crippen MR) is 84.7 cm³/mol. The minimum Gasteiger partial charge on any atom is -0.496 e. The topological polar surface area (TPSA) is 42.1 Å². The van der Waals surface area contributed by atoms with Gasteiger partial charge < -0.3 is 9.72 Å². The summed E-state index contributed by atoms with van der Waals surface area (Å²) in [6.45, 7) is 0. The van der Waals surface area contributed by atoms with Crippen molar-refractivity contribution in [1.82, 2.24) is 4.98 Å². The highest BCUT2D eigenvalue weighted by Crippen LogP contribution is 2.21. The second-order valence-corrected chi connectivity index (χ2v) is 4.69. The summed E-state index contributed by atoms with van der Waals surface area (Å²) in [6, 6.07) is 15.4. The molecule has 2 aromatic carbocycles. The summed E-state index contributed by atoms with van der Waals surface area (Å²) >= 11 is 0. The SMILES string of the molecule is COc1ccccc1/C=C/C(=O)c1c[nH]c2ccccc12. The highest BCUT2D eigenvalue weighted by Gasteiger charge is 2.08. The number of H-pyrrole nitrogens is 1. The molecule has 0 fully saturated rings. The molecule has 1 N–H and O–H groups in total. The number of hydrogen-bond acceptors (Lipinski definition) is 2. The van der Waals surface area contributed by atoms with Crippen LogP contribution in [-0.2, 0) is 0 Å². The normalized spacial score (nSPS) is 11.1. The molecule has 0 aliphatic heterocycles. The quantitative estimate of drug-likeness (QED) is 0.577. The van der Waals surface area contributed by atoms with Gasteiger partial charge in [-0.2, -0.15) is 0 Å². The number of ether oxygens (including phenoxy) is 1. The standard InChI is InChI=1S/C18H15NO2/c1-21-18-9-5-2-6-13(18)10-11-17(20)15-12-19-16-8-4-3-7-14(15)16/h2-12,19H,1H3/b11-10+. The molecule has 0 bridgehead atoms. The summed E-state index contributed by atoms with van der Waals surface area (Å²) in [6.07, 6.45) is 5.11. The van der Waals surface area contributed by atoms with Crippen molar-refractivity contribution in [3.63, 3.8) is 0 Å². The van der Waals surface area contributed by atoms with Crippen molar-refractivity contribution in [2.75, 3.05) is 7.11 Å². The molecule has 3 nitrogen and oxygen atoms in total. The second kappa shape index (κ2) is 5.67. The molecule has 0 atom stereocenters. The van der Waals surface area contributed by atoms with Crippen molar-refractivity contribution in [2.24, 2.45) is 0 Å². The van der Waals surface area contributed by atoms with Crippen LogP contribution in [0, 0.1) is 0 Å². The third-order valence-electron chi connectivity index (χ3n) is 3.41. The molecule has 0 aliphatic carbocycles. The van der Waals surface area contributed by atoms with E-state index < -0.39 is 0 Å². The van der Waals surface area contributed by atoms with Gasteiger partial charge in [0.25, 0.3) is 0 Å². The van der Waals surface area contributed by atoms with Crippen LogP contribution in [0.1, 0.15) is 15.9 Å². The molecular weight excluding hydrogens is 262 g/mol. The molecule has 0 spiro atoms. The molecule has 0 saturated heterocycles. The maximum Gasteiger partial charge on any atom is 0.188 e. The lowest BCUT2D eigenvalue weighted by molar-refractivity contribution is 0.104. The van der Waals surface area contributed by atoms with Gasteiger partial charge >= 0.3 is 0 Å². The number of allylic oxidation sites excluding steroid dienone is 1. The zero-order valence-corrected chi connectivity index (χ0v) is 11.7. The van der Waals surface area contributed by atoms with Crippen LogP contribution in [0.2, 0.25) is 0 Å². The smallest absolute Gasteiger partial charge is 0.188 e. The van der Waals surface area contributed by atoms with Crippen molar-refractivity contribution < 1.29 is 9.53 Å². The molecule has 0 amide bonds. The van der Waals surface area contributed by atoms with E-state index in [-0.39, 0.29) is 5.78 Å². The molecule has 0 unspecified atom stereocenters. The first-order chi connectivity index (χ1) is 10.3. The molecule has 0 aliphatic rings. The Balaban J connectivity index is 1.91. The minimum absolute atomic E-state index is 0.0293. The monoisotopic (exact) mass is 277 g/mol. The van der Waals surface area contributed by atoms with E-state index in [9.17, 15) is 4.79 Å². The Labute approximate surface area is 122 Å². The molecule has 3 heteroatoms. The maximum absolute atomic E-state index is 12.3. The van der Waals surface area contributed by atoms with E-state index >= 15 is 0 Å². The van der Waals surface area contributed by atoms with Gasteiger partial charge in [-0.3, -0.25) is 4.79 Å². The van der Waals surface area contributed by atoms with Gasteiger partial charge in [0, 0.05) is 28.2 Å². The second-order valence-electron chi connectivity index (χ2n) is 4.69. The fourth-order valence-electron chi connectivity index (χ4n) is 2.33. The van der Waals surface area contributed by atoms with Gasteiger partial charge in [0.05, 0.1) is 7.11 Å². The molecular formula is C18H15NO2. The van der Waals surface area contributed by atoms with E-state index in [1.165, 1.54) is 0 Å². The zero-order valence-electron chi connectivity index (χ0n) is 11.7. The first kappa shape index (κ1) is 13.2. The minimum atomic E-state index is -0.0293. The van der Waals surface area contributed by atoms with E-state index in [0.29, 0.717) is 5.56 Å². The van der Waals surface area contributed by atoms with E-state index in [1.54, 1.807) is 25.5 Å². The van der Waals surface area contributed by atoms with Gasteiger partial charge in [-0.05, 0) is 24.3 Å². The van der Waals surface area contributed by atoms with Crippen LogP contribution in [0.3, 0.4) is 0 Å². The van der Waals surface area contributed by atoms with Gasteiger partial charge in [-0.15, -0.1) is 0 Å². The molecule has 3 rings (SSSR count). The number of ketones is 1. The highest BCUT2D eigenvalue weighted by atomic mass is 16.5. The average molecular weight is 277 g/mol. The number of aromatic nitrogens is 1. The summed E-state index contributed by atoms with van der Waals surface area (Å²) < 4.78 is 5.27. The number of carbonyl (C=O) groups excluding carboxylic acids is 1. The summed E-state index contributed by atoms with van der Waals surface area (Å²) in [7, 11) is 1.62. The zero-order chi connectivity index (χ0) is 14.7. The molecule has 0 saturated carbocycles. The third kappa shape index (κ3) is 2.58. The first-order valence-corrected chi connectivity index (χ1v) is 6.71. The lowest BCUT2D eigenvalue weighted by atomic mass is 10.1. The Bertz CT molecular complexity index is 815. The number of aromatic amines is 1. The van der Waals surface area contributed by atoms with Crippen LogP contribution in [0.4, 0.5) is 0 Å². The Morgan fingerprint density at radius 2 is 1.86 bits per heavy atom. The molecule has 0 radical (unpaired) electrons. The average Bonchev–Trinajstić information content (AvgIpc) is 2.97. The van der Waals surface area contributed by atoms with E-state index in [1.807, 2.05) is 48.5 Å². The van der Waals surface area contributed by atoms with Crippen LogP contribution in [0.25, 0.3) is 17.0 Å². The number of para-hydroxylation sites is 2. The number of nitrogens with one attached hydrogen (secondary N) is 1. The van der Waals surface area contributed by atoms with Gasteiger partial charge in [0.2, 0.25) is 0 Å². The number of hydrogen-bond donors (Lipinski definition) is 1. The fraction of sp³-hybridized carbons (Fsp3) is 0.0556. The summed E-state index contributed by atoms with van der Waals surface area (Å²) in [5, 5.41) is 0.937. The fourth-order valence-corrected chi connectivity index (χ4v) is 2.33. The van der Waals surface area contributed by atoms with E-state index in [2.05, 4.69) is 4.98 Å².